The summed E-state index contributed by atoms with van der Waals surface area (Å²) in [4.78, 5) is 2.08. The van der Waals surface area contributed by atoms with E-state index in [1.165, 1.54) is 12.1 Å². The highest BCUT2D eigenvalue weighted by atomic mass is 35.5. The van der Waals surface area contributed by atoms with Gasteiger partial charge in [-0.3, -0.25) is 0 Å². The first-order chi connectivity index (χ1) is 12.5. The topological polar surface area (TPSA) is 52.9 Å². The summed E-state index contributed by atoms with van der Waals surface area (Å²) in [6.07, 6.45) is 0.432. The quantitative estimate of drug-likeness (QED) is 0.809. The SMILES string of the molecule is OC(COc1ccccc1F)CN1CCC(O)(c2ccc(Cl)cc2)CC1. The maximum atomic E-state index is 13.5. The van der Waals surface area contributed by atoms with E-state index < -0.39 is 17.5 Å². The monoisotopic (exact) mass is 379 g/mol. The predicted octanol–water partition coefficient (Wildman–Crippen LogP) is 3.20. The number of halogens is 2. The predicted molar refractivity (Wildman–Crippen MR) is 98.9 cm³/mol. The molecule has 2 aromatic rings. The average molecular weight is 380 g/mol. The van der Waals surface area contributed by atoms with Crippen molar-refractivity contribution in [3.63, 3.8) is 0 Å². The molecule has 3 rings (SSSR count). The van der Waals surface area contributed by atoms with Crippen LogP contribution in [0.5, 0.6) is 5.75 Å². The van der Waals surface area contributed by atoms with Gasteiger partial charge in [0.2, 0.25) is 0 Å². The second kappa shape index (κ2) is 8.35. The van der Waals surface area contributed by atoms with Crippen molar-refractivity contribution in [3.05, 3.63) is 64.9 Å². The van der Waals surface area contributed by atoms with Gasteiger partial charge >= 0.3 is 0 Å². The summed E-state index contributed by atoms with van der Waals surface area (Å²) in [7, 11) is 0. The molecule has 0 radical (unpaired) electrons. The van der Waals surface area contributed by atoms with Crippen molar-refractivity contribution in [1.29, 1.82) is 0 Å². The Morgan fingerprint density at radius 3 is 2.42 bits per heavy atom. The fourth-order valence-electron chi connectivity index (χ4n) is 3.25. The molecule has 1 fully saturated rings. The molecule has 1 aliphatic rings. The fraction of sp³-hybridized carbons (Fsp3) is 0.400. The third-order valence-electron chi connectivity index (χ3n) is 4.80. The van der Waals surface area contributed by atoms with E-state index in [-0.39, 0.29) is 12.4 Å². The van der Waals surface area contributed by atoms with E-state index in [0.29, 0.717) is 37.5 Å². The molecule has 0 saturated carbocycles. The van der Waals surface area contributed by atoms with E-state index in [9.17, 15) is 14.6 Å². The first-order valence-corrected chi connectivity index (χ1v) is 9.10. The molecule has 0 amide bonds. The normalized spacial score (nSPS) is 18.5. The molecular formula is C20H23ClFNO3. The number of rotatable bonds is 6. The van der Waals surface area contributed by atoms with Crippen LogP contribution in [0.3, 0.4) is 0 Å². The molecular weight excluding hydrogens is 357 g/mol. The summed E-state index contributed by atoms with van der Waals surface area (Å²) >= 11 is 5.91. The highest BCUT2D eigenvalue weighted by Crippen LogP contribution is 2.33. The number of nitrogens with zero attached hydrogens (tertiary/aromatic N) is 1. The smallest absolute Gasteiger partial charge is 0.165 e. The van der Waals surface area contributed by atoms with Gasteiger partial charge < -0.3 is 19.8 Å². The van der Waals surface area contributed by atoms with E-state index in [2.05, 4.69) is 4.90 Å². The molecule has 140 valence electrons. The summed E-state index contributed by atoms with van der Waals surface area (Å²) in [5.41, 5.74) is 0.000358. The standard InChI is InChI=1S/C20H23ClFNO3/c21-16-7-5-15(6-8-16)20(25)9-11-23(12-10-20)13-17(24)14-26-19-4-2-1-3-18(19)22/h1-8,17,24-25H,9-14H2. The molecule has 1 saturated heterocycles. The molecule has 1 heterocycles. The number of ether oxygens (including phenoxy) is 1. The molecule has 2 N–H and O–H groups in total. The molecule has 26 heavy (non-hydrogen) atoms. The van der Waals surface area contributed by atoms with Crippen molar-refractivity contribution < 1.29 is 19.3 Å². The molecule has 6 heteroatoms. The first-order valence-electron chi connectivity index (χ1n) is 8.72. The van der Waals surface area contributed by atoms with Crippen LogP contribution in [0.25, 0.3) is 0 Å². The number of aliphatic hydroxyl groups excluding tert-OH is 1. The number of aliphatic hydroxyl groups is 2. The van der Waals surface area contributed by atoms with Crippen LogP contribution in [0.1, 0.15) is 18.4 Å². The van der Waals surface area contributed by atoms with Crippen molar-refractivity contribution >= 4 is 11.6 Å². The van der Waals surface area contributed by atoms with Gasteiger partial charge in [0.15, 0.2) is 11.6 Å². The molecule has 0 bridgehead atoms. The van der Waals surface area contributed by atoms with Gasteiger partial charge in [0, 0.05) is 24.7 Å². The summed E-state index contributed by atoms with van der Waals surface area (Å²) < 4.78 is 18.9. The molecule has 1 aliphatic heterocycles. The largest absolute Gasteiger partial charge is 0.488 e. The fourth-order valence-corrected chi connectivity index (χ4v) is 3.38. The van der Waals surface area contributed by atoms with Gasteiger partial charge in [0.05, 0.1) is 5.60 Å². The lowest BCUT2D eigenvalue weighted by atomic mass is 9.84. The number of β-amino-alcohol motifs (C(OH)–C–C–N with tert-alkyl or cyclic N) is 1. The van der Waals surface area contributed by atoms with Crippen molar-refractivity contribution in [1.82, 2.24) is 4.90 Å². The summed E-state index contributed by atoms with van der Waals surface area (Å²) in [5.74, 6) is -0.298. The lowest BCUT2D eigenvalue weighted by molar-refractivity contribution is -0.0373. The Bertz CT molecular complexity index is 717. The number of benzene rings is 2. The van der Waals surface area contributed by atoms with Crippen LogP contribution in [0, 0.1) is 5.82 Å². The second-order valence-electron chi connectivity index (χ2n) is 6.73. The zero-order valence-electron chi connectivity index (χ0n) is 14.4. The number of piperidine rings is 1. The molecule has 1 atom stereocenters. The van der Waals surface area contributed by atoms with Crippen LogP contribution in [-0.4, -0.2) is 47.5 Å². The molecule has 0 spiro atoms. The summed E-state index contributed by atoms with van der Waals surface area (Å²) in [6.45, 7) is 1.77. The van der Waals surface area contributed by atoms with Crippen molar-refractivity contribution in [2.24, 2.45) is 0 Å². The third kappa shape index (κ3) is 4.74. The maximum Gasteiger partial charge on any atom is 0.165 e. The van der Waals surface area contributed by atoms with Crippen molar-refractivity contribution in [2.45, 2.75) is 24.5 Å². The molecule has 0 aromatic heterocycles. The van der Waals surface area contributed by atoms with Gasteiger partial charge in [-0.1, -0.05) is 35.9 Å². The molecule has 4 nitrogen and oxygen atoms in total. The Hall–Kier alpha value is -1.66. The van der Waals surface area contributed by atoms with Crippen molar-refractivity contribution in [2.75, 3.05) is 26.2 Å². The molecule has 0 aliphatic carbocycles. The number of hydrogen-bond donors (Lipinski definition) is 2. The van der Waals surface area contributed by atoms with Gasteiger partial charge in [-0.25, -0.2) is 4.39 Å². The Morgan fingerprint density at radius 1 is 1.12 bits per heavy atom. The number of para-hydroxylation sites is 1. The van der Waals surface area contributed by atoms with Crippen LogP contribution >= 0.6 is 11.6 Å². The zero-order chi connectivity index (χ0) is 18.6. The van der Waals surface area contributed by atoms with Gasteiger partial charge in [0.25, 0.3) is 0 Å². The van der Waals surface area contributed by atoms with Crippen LogP contribution in [-0.2, 0) is 5.60 Å². The van der Waals surface area contributed by atoms with E-state index in [1.54, 1.807) is 24.3 Å². The Labute approximate surface area is 157 Å². The van der Waals surface area contributed by atoms with Crippen molar-refractivity contribution in [3.8, 4) is 5.75 Å². The maximum absolute atomic E-state index is 13.5. The molecule has 2 aromatic carbocycles. The second-order valence-corrected chi connectivity index (χ2v) is 7.17. The average Bonchev–Trinajstić information content (AvgIpc) is 2.64. The number of hydrogen-bond acceptors (Lipinski definition) is 4. The van der Waals surface area contributed by atoms with Gasteiger partial charge in [-0.2, -0.15) is 0 Å². The number of likely N-dealkylation sites (tertiary alicyclic amines) is 1. The van der Waals surface area contributed by atoms with Crippen LogP contribution in [0.2, 0.25) is 5.02 Å². The highest BCUT2D eigenvalue weighted by Gasteiger charge is 2.34. The minimum Gasteiger partial charge on any atom is -0.488 e. The Morgan fingerprint density at radius 2 is 1.77 bits per heavy atom. The van der Waals surface area contributed by atoms with Gasteiger partial charge in [0.1, 0.15) is 12.7 Å². The Kier molecular flexibility index (Phi) is 6.14. The molecule has 1 unspecified atom stereocenters. The van der Waals surface area contributed by atoms with E-state index in [0.717, 1.165) is 5.56 Å². The van der Waals surface area contributed by atoms with E-state index >= 15 is 0 Å². The van der Waals surface area contributed by atoms with E-state index in [4.69, 9.17) is 16.3 Å². The minimum atomic E-state index is -0.865. The minimum absolute atomic E-state index is 0.0267. The summed E-state index contributed by atoms with van der Waals surface area (Å²) in [5, 5.41) is 21.7. The van der Waals surface area contributed by atoms with Gasteiger partial charge in [-0.15, -0.1) is 0 Å². The summed E-state index contributed by atoms with van der Waals surface area (Å²) in [6, 6.07) is 13.4. The highest BCUT2D eigenvalue weighted by molar-refractivity contribution is 6.30. The van der Waals surface area contributed by atoms with Crippen LogP contribution < -0.4 is 4.74 Å². The van der Waals surface area contributed by atoms with Crippen LogP contribution in [0.4, 0.5) is 4.39 Å². The Balaban J connectivity index is 1.47. The van der Waals surface area contributed by atoms with E-state index in [1.807, 2.05) is 12.1 Å². The zero-order valence-corrected chi connectivity index (χ0v) is 15.2. The van der Waals surface area contributed by atoms with Gasteiger partial charge in [-0.05, 0) is 42.7 Å². The van der Waals surface area contributed by atoms with Crippen LogP contribution in [0.15, 0.2) is 48.5 Å². The lowest BCUT2D eigenvalue weighted by Crippen LogP contribution is -2.46. The first kappa shape index (κ1) is 19.1. The third-order valence-corrected chi connectivity index (χ3v) is 5.05. The lowest BCUT2D eigenvalue weighted by Gasteiger charge is -2.39.